The Hall–Kier alpha value is -1.36. The summed E-state index contributed by atoms with van der Waals surface area (Å²) in [5, 5.41) is 8.58. The topological polar surface area (TPSA) is 23.8 Å². The molecule has 2 heteroatoms. The van der Waals surface area contributed by atoms with E-state index in [1.807, 2.05) is 6.07 Å². The minimum Gasteiger partial charge on any atom is -0.207 e. The average Bonchev–Trinajstić information content (AvgIpc) is 2.49. The van der Waals surface area contributed by atoms with E-state index in [1.165, 1.54) is 11.6 Å². The van der Waals surface area contributed by atoms with Crippen LogP contribution in [0.5, 0.6) is 0 Å². The van der Waals surface area contributed by atoms with E-state index in [-0.39, 0.29) is 11.7 Å². The summed E-state index contributed by atoms with van der Waals surface area (Å²) in [7, 11) is 0. The van der Waals surface area contributed by atoms with Gasteiger partial charge < -0.3 is 0 Å². The summed E-state index contributed by atoms with van der Waals surface area (Å²) < 4.78 is 12.9. The van der Waals surface area contributed by atoms with Crippen molar-refractivity contribution in [3.05, 3.63) is 35.1 Å². The van der Waals surface area contributed by atoms with Gasteiger partial charge in [-0.1, -0.05) is 6.07 Å². The van der Waals surface area contributed by atoms with Crippen LogP contribution < -0.4 is 0 Å². The van der Waals surface area contributed by atoms with Gasteiger partial charge in [-0.2, -0.15) is 5.26 Å². The molecule has 0 amide bonds. The number of benzene rings is 1. The van der Waals surface area contributed by atoms with Crippen LogP contribution in [-0.4, -0.2) is 0 Å². The Kier molecular flexibility index (Phi) is 2.02. The van der Waals surface area contributed by atoms with Crippen molar-refractivity contribution in [2.75, 3.05) is 0 Å². The van der Waals surface area contributed by atoms with Crippen LogP contribution in [0.1, 0.15) is 29.9 Å². The monoisotopic (exact) mass is 175 g/mol. The highest BCUT2D eigenvalue weighted by Gasteiger charge is 2.22. The molecule has 0 heterocycles. The highest BCUT2D eigenvalue weighted by Crippen LogP contribution is 2.35. The molecule has 1 nitrogen and oxygen atoms in total. The zero-order chi connectivity index (χ0) is 9.26. The quantitative estimate of drug-likeness (QED) is 0.643. The first-order chi connectivity index (χ1) is 6.31. The van der Waals surface area contributed by atoms with Gasteiger partial charge in [0, 0.05) is 6.42 Å². The van der Waals surface area contributed by atoms with E-state index in [1.54, 1.807) is 6.07 Å². The van der Waals surface area contributed by atoms with E-state index >= 15 is 0 Å². The van der Waals surface area contributed by atoms with Crippen molar-refractivity contribution in [3.63, 3.8) is 0 Å². The molecule has 0 saturated heterocycles. The SMILES string of the molecule is N#CCC1CCc2ccc(F)cc21. The molecule has 0 spiro atoms. The van der Waals surface area contributed by atoms with Crippen LogP contribution in [-0.2, 0) is 6.42 Å². The van der Waals surface area contributed by atoms with E-state index in [9.17, 15) is 4.39 Å². The van der Waals surface area contributed by atoms with Gasteiger partial charge in [0.1, 0.15) is 5.82 Å². The predicted octanol–water partition coefficient (Wildman–Crippen LogP) is 2.77. The molecule has 0 saturated carbocycles. The molecule has 0 aliphatic heterocycles. The Morgan fingerprint density at radius 3 is 3.15 bits per heavy atom. The maximum absolute atomic E-state index is 12.9. The summed E-state index contributed by atoms with van der Waals surface area (Å²) in [6, 6.07) is 7.05. The highest BCUT2D eigenvalue weighted by atomic mass is 19.1. The molecule has 13 heavy (non-hydrogen) atoms. The molecule has 0 N–H and O–H groups in total. The largest absolute Gasteiger partial charge is 0.207 e. The molecular formula is C11H10FN. The molecule has 1 unspecified atom stereocenters. The Balaban J connectivity index is 2.36. The molecule has 1 aromatic carbocycles. The van der Waals surface area contributed by atoms with E-state index < -0.39 is 0 Å². The molecule has 1 aliphatic rings. The summed E-state index contributed by atoms with van der Waals surface area (Å²) >= 11 is 0. The van der Waals surface area contributed by atoms with E-state index in [4.69, 9.17) is 5.26 Å². The number of nitrogens with zero attached hydrogens (tertiary/aromatic N) is 1. The lowest BCUT2D eigenvalue weighted by Gasteiger charge is -2.05. The van der Waals surface area contributed by atoms with E-state index in [0.717, 1.165) is 18.4 Å². The van der Waals surface area contributed by atoms with Crippen LogP contribution in [0.15, 0.2) is 18.2 Å². The summed E-state index contributed by atoms with van der Waals surface area (Å²) in [6.45, 7) is 0. The van der Waals surface area contributed by atoms with Gasteiger partial charge in [0.05, 0.1) is 6.07 Å². The van der Waals surface area contributed by atoms with Crippen LogP contribution in [0.25, 0.3) is 0 Å². The molecule has 1 aliphatic carbocycles. The molecular weight excluding hydrogens is 165 g/mol. The van der Waals surface area contributed by atoms with Gasteiger partial charge >= 0.3 is 0 Å². The van der Waals surface area contributed by atoms with Crippen molar-refractivity contribution >= 4 is 0 Å². The number of rotatable bonds is 1. The number of fused-ring (bicyclic) bond motifs is 1. The molecule has 2 rings (SSSR count). The second-order valence-electron chi connectivity index (χ2n) is 3.44. The molecule has 0 bridgehead atoms. The third kappa shape index (κ3) is 1.42. The number of hydrogen-bond acceptors (Lipinski definition) is 1. The molecule has 66 valence electrons. The second-order valence-corrected chi connectivity index (χ2v) is 3.44. The third-order valence-electron chi connectivity index (χ3n) is 2.65. The first kappa shape index (κ1) is 8.25. The smallest absolute Gasteiger partial charge is 0.123 e. The third-order valence-corrected chi connectivity index (χ3v) is 2.65. The number of aryl methyl sites for hydroxylation is 1. The normalized spacial score (nSPS) is 19.5. The number of nitriles is 1. The molecule has 1 atom stereocenters. The first-order valence-electron chi connectivity index (χ1n) is 4.46. The molecule has 0 aromatic heterocycles. The fourth-order valence-electron chi connectivity index (χ4n) is 1.98. The van der Waals surface area contributed by atoms with Gasteiger partial charge in [-0.25, -0.2) is 4.39 Å². The average molecular weight is 175 g/mol. The molecule has 0 fully saturated rings. The minimum atomic E-state index is -0.191. The summed E-state index contributed by atoms with van der Waals surface area (Å²) in [5.74, 6) is 0.0688. The van der Waals surface area contributed by atoms with Gasteiger partial charge in [0.2, 0.25) is 0 Å². The lowest BCUT2D eigenvalue weighted by molar-refractivity contribution is 0.621. The minimum absolute atomic E-state index is 0.191. The van der Waals surface area contributed by atoms with Crippen molar-refractivity contribution < 1.29 is 4.39 Å². The van der Waals surface area contributed by atoms with Gasteiger partial charge in [0.25, 0.3) is 0 Å². The predicted molar refractivity (Wildman–Crippen MR) is 47.7 cm³/mol. The zero-order valence-corrected chi connectivity index (χ0v) is 7.26. The molecule has 1 aromatic rings. The van der Waals surface area contributed by atoms with Crippen molar-refractivity contribution in [2.45, 2.75) is 25.2 Å². The highest BCUT2D eigenvalue weighted by molar-refractivity contribution is 5.35. The van der Waals surface area contributed by atoms with Gasteiger partial charge in [-0.3, -0.25) is 0 Å². The van der Waals surface area contributed by atoms with Crippen molar-refractivity contribution in [1.82, 2.24) is 0 Å². The Labute approximate surface area is 76.8 Å². The Morgan fingerprint density at radius 1 is 1.54 bits per heavy atom. The first-order valence-corrected chi connectivity index (χ1v) is 4.46. The van der Waals surface area contributed by atoms with Crippen LogP contribution in [0, 0.1) is 17.1 Å². The maximum Gasteiger partial charge on any atom is 0.123 e. The van der Waals surface area contributed by atoms with Crippen LogP contribution in [0.3, 0.4) is 0 Å². The summed E-state index contributed by atoms with van der Waals surface area (Å²) in [6.07, 6.45) is 2.49. The fraction of sp³-hybridized carbons (Fsp3) is 0.364. The van der Waals surface area contributed by atoms with Crippen molar-refractivity contribution in [3.8, 4) is 6.07 Å². The van der Waals surface area contributed by atoms with Gasteiger partial charge in [-0.15, -0.1) is 0 Å². The van der Waals surface area contributed by atoms with Crippen LogP contribution >= 0.6 is 0 Å². The van der Waals surface area contributed by atoms with Crippen molar-refractivity contribution in [2.24, 2.45) is 0 Å². The Bertz CT molecular complexity index is 365. The fourth-order valence-corrected chi connectivity index (χ4v) is 1.98. The summed E-state index contributed by atoms with van der Waals surface area (Å²) in [4.78, 5) is 0. The number of halogens is 1. The van der Waals surface area contributed by atoms with Crippen LogP contribution in [0.4, 0.5) is 4.39 Å². The van der Waals surface area contributed by atoms with Crippen LogP contribution in [0.2, 0.25) is 0 Å². The van der Waals surface area contributed by atoms with Crippen molar-refractivity contribution in [1.29, 1.82) is 5.26 Å². The second kappa shape index (κ2) is 3.18. The van der Waals surface area contributed by atoms with E-state index in [2.05, 4.69) is 6.07 Å². The maximum atomic E-state index is 12.9. The standard InChI is InChI=1S/C11H10FN/c12-10-4-3-8-1-2-9(5-6-13)11(8)7-10/h3-4,7,9H,1-2,5H2. The lowest BCUT2D eigenvalue weighted by Crippen LogP contribution is -1.92. The van der Waals surface area contributed by atoms with Gasteiger partial charge in [-0.05, 0) is 42.0 Å². The zero-order valence-electron chi connectivity index (χ0n) is 7.26. The Morgan fingerprint density at radius 2 is 2.38 bits per heavy atom. The van der Waals surface area contributed by atoms with Gasteiger partial charge in [0.15, 0.2) is 0 Å². The van der Waals surface area contributed by atoms with E-state index in [0.29, 0.717) is 6.42 Å². The number of hydrogen-bond donors (Lipinski definition) is 0. The summed E-state index contributed by atoms with van der Waals surface area (Å²) in [5.41, 5.74) is 2.25. The molecule has 0 radical (unpaired) electrons. The lowest BCUT2D eigenvalue weighted by atomic mass is 9.99.